The Morgan fingerprint density at radius 2 is 0.610 bits per heavy atom. The van der Waals surface area contributed by atoms with Gasteiger partial charge in [-0.25, -0.2) is 0 Å². The van der Waals surface area contributed by atoms with Crippen molar-refractivity contribution in [1.29, 1.82) is 0 Å². The second-order valence-corrected chi connectivity index (χ2v) is 24.2. The largest absolute Gasteiger partial charge is 0.466 e. The molecular formula is C71H137NO5. The molecular weight excluding hydrogens is 947 g/mol. The fourth-order valence-electron chi connectivity index (χ4n) is 11.1. The molecule has 0 fully saturated rings. The summed E-state index contributed by atoms with van der Waals surface area (Å²) in [6, 6.07) is -0.635. The molecule has 0 bridgehead atoms. The number of unbranched alkanes of at least 4 members (excludes halogenated alkanes) is 53. The zero-order valence-electron chi connectivity index (χ0n) is 52.2. The predicted octanol–water partition coefficient (Wildman–Crippen LogP) is 22.5. The van der Waals surface area contributed by atoms with E-state index in [0.717, 1.165) is 44.9 Å². The first kappa shape index (κ1) is 75.3. The topological polar surface area (TPSA) is 95.9 Å². The molecule has 2 atom stereocenters. The Kier molecular flexibility index (Phi) is 65.4. The summed E-state index contributed by atoms with van der Waals surface area (Å²) in [6.07, 6.45) is 83.9. The van der Waals surface area contributed by atoms with E-state index < -0.39 is 12.1 Å². The van der Waals surface area contributed by atoms with Gasteiger partial charge < -0.3 is 20.3 Å². The van der Waals surface area contributed by atoms with E-state index in [1.54, 1.807) is 6.08 Å². The Bertz CT molecular complexity index is 1200. The van der Waals surface area contributed by atoms with Crippen LogP contribution in [0.1, 0.15) is 393 Å². The SMILES string of the molecule is CCCCCCCCCCCCCCCCCCCCCC/C=C/C(O)C(CO)NC(=O)CCCCCCCCC/C=C\CCCCCCCCCCCCOC(=O)CCCCCCCCCCCCCCCCCCC. The number of aliphatic hydroxyl groups excluding tert-OH is 2. The van der Waals surface area contributed by atoms with E-state index in [1.165, 1.54) is 321 Å². The first-order chi connectivity index (χ1) is 38.0. The van der Waals surface area contributed by atoms with Gasteiger partial charge in [0.2, 0.25) is 5.91 Å². The maximum Gasteiger partial charge on any atom is 0.305 e. The van der Waals surface area contributed by atoms with Crippen molar-refractivity contribution in [2.75, 3.05) is 13.2 Å². The number of allylic oxidation sites excluding steroid dienone is 3. The standard InChI is InChI=1S/C71H137NO5/c1-3-5-7-9-11-13-15-17-19-21-22-23-25-28-32-35-39-43-47-51-55-59-63-69(74)68(67-73)72-70(75)64-60-56-52-48-44-40-36-33-29-26-24-27-30-34-38-42-46-50-54-58-62-66-77-71(76)65-61-57-53-49-45-41-37-31-20-18-16-14-12-10-8-6-4-2/h26,29,59,63,68-69,73-74H,3-25,27-28,30-58,60-62,64-67H2,1-2H3,(H,72,75)/b29-26-,63-59+. The number of rotatable bonds is 66. The number of esters is 1. The van der Waals surface area contributed by atoms with Crippen LogP contribution in [0.25, 0.3) is 0 Å². The Hall–Kier alpha value is -1.66. The summed E-state index contributed by atoms with van der Waals surface area (Å²) in [4.78, 5) is 24.6. The molecule has 0 spiro atoms. The summed E-state index contributed by atoms with van der Waals surface area (Å²) in [5.41, 5.74) is 0. The van der Waals surface area contributed by atoms with Gasteiger partial charge in [0.25, 0.3) is 0 Å². The zero-order valence-corrected chi connectivity index (χ0v) is 52.2. The third kappa shape index (κ3) is 63.4. The normalized spacial score (nSPS) is 12.6. The smallest absolute Gasteiger partial charge is 0.305 e. The van der Waals surface area contributed by atoms with Crippen LogP contribution in [-0.2, 0) is 14.3 Å². The van der Waals surface area contributed by atoms with Gasteiger partial charge in [0.1, 0.15) is 0 Å². The minimum Gasteiger partial charge on any atom is -0.466 e. The van der Waals surface area contributed by atoms with Crippen LogP contribution in [0.3, 0.4) is 0 Å². The van der Waals surface area contributed by atoms with E-state index in [9.17, 15) is 19.8 Å². The van der Waals surface area contributed by atoms with E-state index in [-0.39, 0.29) is 18.5 Å². The number of hydrogen-bond donors (Lipinski definition) is 3. The van der Waals surface area contributed by atoms with E-state index >= 15 is 0 Å². The Morgan fingerprint density at radius 3 is 0.922 bits per heavy atom. The van der Waals surface area contributed by atoms with Crippen LogP contribution >= 0.6 is 0 Å². The fraction of sp³-hybridized carbons (Fsp3) is 0.915. The predicted molar refractivity (Wildman–Crippen MR) is 338 cm³/mol. The monoisotopic (exact) mass is 1080 g/mol. The molecule has 0 rings (SSSR count). The first-order valence-electron chi connectivity index (χ1n) is 35.1. The Morgan fingerprint density at radius 1 is 0.351 bits per heavy atom. The minimum absolute atomic E-state index is 0.0124. The Balaban J connectivity index is 3.43. The first-order valence-corrected chi connectivity index (χ1v) is 35.1. The summed E-state index contributed by atoms with van der Waals surface area (Å²) in [5.74, 6) is -0.0592. The lowest BCUT2D eigenvalue weighted by molar-refractivity contribution is -0.143. The van der Waals surface area contributed by atoms with Crippen LogP contribution in [0, 0.1) is 0 Å². The van der Waals surface area contributed by atoms with Crippen molar-refractivity contribution in [3.63, 3.8) is 0 Å². The number of carbonyl (C=O) groups excluding carboxylic acids is 2. The molecule has 0 aliphatic heterocycles. The van der Waals surface area contributed by atoms with Gasteiger partial charge in [-0.15, -0.1) is 0 Å². The molecule has 6 nitrogen and oxygen atoms in total. The van der Waals surface area contributed by atoms with Gasteiger partial charge in [-0.1, -0.05) is 346 Å². The molecule has 0 saturated heterocycles. The molecule has 3 N–H and O–H groups in total. The van der Waals surface area contributed by atoms with Crippen molar-refractivity contribution in [3.05, 3.63) is 24.3 Å². The maximum atomic E-state index is 12.5. The van der Waals surface area contributed by atoms with Crippen LogP contribution in [0.15, 0.2) is 24.3 Å². The molecule has 0 aromatic rings. The summed E-state index contributed by atoms with van der Waals surface area (Å²) < 4.78 is 5.50. The molecule has 0 aliphatic rings. The van der Waals surface area contributed by atoms with Crippen molar-refractivity contribution in [2.24, 2.45) is 0 Å². The molecule has 0 aromatic carbocycles. The number of amides is 1. The third-order valence-corrected chi connectivity index (χ3v) is 16.5. The second kappa shape index (κ2) is 66.8. The average molecular weight is 1080 g/mol. The minimum atomic E-state index is -0.850. The third-order valence-electron chi connectivity index (χ3n) is 16.5. The number of hydrogen-bond acceptors (Lipinski definition) is 5. The Labute approximate surface area is 481 Å². The quantitative estimate of drug-likeness (QED) is 0.0320. The van der Waals surface area contributed by atoms with E-state index in [2.05, 4.69) is 31.3 Å². The summed E-state index contributed by atoms with van der Waals surface area (Å²) in [5, 5.41) is 23.2. The summed E-state index contributed by atoms with van der Waals surface area (Å²) >= 11 is 0. The summed E-state index contributed by atoms with van der Waals surface area (Å²) in [6.45, 7) is 4.94. The molecule has 0 aromatic heterocycles. The van der Waals surface area contributed by atoms with Gasteiger partial charge >= 0.3 is 5.97 Å². The molecule has 6 heteroatoms. The van der Waals surface area contributed by atoms with Crippen LogP contribution in [-0.4, -0.2) is 47.4 Å². The lowest BCUT2D eigenvalue weighted by Crippen LogP contribution is -2.45. The van der Waals surface area contributed by atoms with Crippen LogP contribution in [0.4, 0.5) is 0 Å². The molecule has 1 amide bonds. The fourth-order valence-corrected chi connectivity index (χ4v) is 11.1. The van der Waals surface area contributed by atoms with Gasteiger partial charge in [-0.05, 0) is 57.8 Å². The lowest BCUT2D eigenvalue weighted by atomic mass is 10.0. The van der Waals surface area contributed by atoms with Crippen molar-refractivity contribution in [2.45, 2.75) is 405 Å². The van der Waals surface area contributed by atoms with Crippen molar-refractivity contribution in [3.8, 4) is 0 Å². The molecule has 456 valence electrons. The number of carbonyl (C=O) groups is 2. The molecule has 0 heterocycles. The van der Waals surface area contributed by atoms with Gasteiger partial charge in [0, 0.05) is 12.8 Å². The van der Waals surface area contributed by atoms with Gasteiger partial charge in [0.05, 0.1) is 25.4 Å². The van der Waals surface area contributed by atoms with Crippen LogP contribution < -0.4 is 5.32 Å². The highest BCUT2D eigenvalue weighted by Crippen LogP contribution is 2.19. The maximum absolute atomic E-state index is 12.5. The van der Waals surface area contributed by atoms with Crippen LogP contribution in [0.5, 0.6) is 0 Å². The van der Waals surface area contributed by atoms with E-state index in [0.29, 0.717) is 19.4 Å². The van der Waals surface area contributed by atoms with E-state index in [4.69, 9.17) is 4.74 Å². The van der Waals surface area contributed by atoms with Gasteiger partial charge in [0.15, 0.2) is 0 Å². The van der Waals surface area contributed by atoms with Gasteiger partial charge in [-0.3, -0.25) is 9.59 Å². The van der Waals surface area contributed by atoms with E-state index in [1.807, 2.05) is 6.08 Å². The lowest BCUT2D eigenvalue weighted by Gasteiger charge is -2.20. The van der Waals surface area contributed by atoms with Crippen molar-refractivity contribution >= 4 is 11.9 Å². The van der Waals surface area contributed by atoms with Crippen molar-refractivity contribution in [1.82, 2.24) is 5.32 Å². The molecule has 2 unspecified atom stereocenters. The number of aliphatic hydroxyl groups is 2. The second-order valence-electron chi connectivity index (χ2n) is 24.2. The molecule has 0 radical (unpaired) electrons. The van der Waals surface area contributed by atoms with Gasteiger partial charge in [-0.2, -0.15) is 0 Å². The average Bonchev–Trinajstić information content (AvgIpc) is 3.43. The zero-order chi connectivity index (χ0) is 55.7. The molecule has 0 aliphatic carbocycles. The summed E-state index contributed by atoms with van der Waals surface area (Å²) in [7, 11) is 0. The molecule has 0 saturated carbocycles. The van der Waals surface area contributed by atoms with Crippen LogP contribution in [0.2, 0.25) is 0 Å². The highest BCUT2D eigenvalue weighted by atomic mass is 16.5. The highest BCUT2D eigenvalue weighted by Gasteiger charge is 2.18. The molecule has 77 heavy (non-hydrogen) atoms. The number of nitrogens with one attached hydrogen (secondary N) is 1. The highest BCUT2D eigenvalue weighted by molar-refractivity contribution is 5.76. The number of ether oxygens (including phenoxy) is 1. The van der Waals surface area contributed by atoms with Crippen molar-refractivity contribution < 1.29 is 24.5 Å².